The Morgan fingerprint density at radius 2 is 2.21 bits per heavy atom. The molecule has 2 aromatic heterocycles. The Kier molecular flexibility index (Phi) is 4.34. The second kappa shape index (κ2) is 6.77. The van der Waals surface area contributed by atoms with Crippen molar-refractivity contribution in [3.8, 4) is 0 Å². The summed E-state index contributed by atoms with van der Waals surface area (Å²) in [5, 5.41) is 0. The highest BCUT2D eigenvalue weighted by Crippen LogP contribution is 2.32. The average molecular weight is 325 g/mol. The van der Waals surface area contributed by atoms with E-state index in [9.17, 15) is 4.79 Å². The topological polar surface area (TPSA) is 58.2 Å². The summed E-state index contributed by atoms with van der Waals surface area (Å²) in [5.74, 6) is 0.795. The molecule has 2 fully saturated rings. The number of carbonyl (C=O) groups excluding carboxylic acids is 1. The van der Waals surface area contributed by atoms with Gasteiger partial charge in [0.15, 0.2) is 0 Å². The number of hydrogen-bond acceptors (Lipinski definition) is 3. The Balaban J connectivity index is 1.51. The van der Waals surface area contributed by atoms with E-state index in [1.54, 1.807) is 12.4 Å². The van der Waals surface area contributed by atoms with Gasteiger partial charge >= 0.3 is 0 Å². The summed E-state index contributed by atoms with van der Waals surface area (Å²) in [7, 11) is 0. The fourth-order valence-electron chi connectivity index (χ4n) is 3.44. The van der Waals surface area contributed by atoms with E-state index in [4.69, 9.17) is 4.74 Å². The zero-order valence-electron chi connectivity index (χ0n) is 13.7. The van der Waals surface area contributed by atoms with Crippen molar-refractivity contribution >= 4 is 5.91 Å². The van der Waals surface area contributed by atoms with Gasteiger partial charge in [-0.2, -0.15) is 0 Å². The normalized spacial score (nSPS) is 23.6. The first-order valence-corrected chi connectivity index (χ1v) is 8.76. The molecule has 1 saturated carbocycles. The first-order valence-electron chi connectivity index (χ1n) is 8.76. The molecule has 5 heteroatoms. The maximum Gasteiger partial charge on any atom is 0.270 e. The van der Waals surface area contributed by atoms with Gasteiger partial charge in [0.1, 0.15) is 5.69 Å². The summed E-state index contributed by atoms with van der Waals surface area (Å²) >= 11 is 0. The molecule has 0 unspecified atom stereocenters. The Labute approximate surface area is 142 Å². The second-order valence-corrected chi connectivity index (χ2v) is 6.82. The molecule has 5 nitrogen and oxygen atoms in total. The van der Waals surface area contributed by atoms with Crippen LogP contribution in [0.3, 0.4) is 0 Å². The van der Waals surface area contributed by atoms with Crippen molar-refractivity contribution in [1.82, 2.24) is 14.9 Å². The Bertz CT molecular complexity index is 667. The lowest BCUT2D eigenvalue weighted by Crippen LogP contribution is -2.42. The van der Waals surface area contributed by atoms with Crippen molar-refractivity contribution in [3.05, 3.63) is 54.1 Å². The number of aromatic amines is 1. The van der Waals surface area contributed by atoms with Crippen LogP contribution < -0.4 is 0 Å². The molecule has 1 N–H and O–H groups in total. The summed E-state index contributed by atoms with van der Waals surface area (Å²) in [6.45, 7) is 1.58. The van der Waals surface area contributed by atoms with Crippen LogP contribution in [0.4, 0.5) is 0 Å². The maximum absolute atomic E-state index is 12.8. The number of hydrogen-bond donors (Lipinski definition) is 1. The standard InChI is InChI=1S/C19H23N3O2/c23-19(16-4-2-9-21-16)22-10-7-18(24-13-14-5-6-14)17(22)11-15-3-1-8-20-12-15/h1-4,8-9,12,14,17-18,21H,5-7,10-11,13H2/t17-,18-/m1/s1. The minimum Gasteiger partial charge on any atom is -0.376 e. The number of ether oxygens (including phenoxy) is 1. The largest absolute Gasteiger partial charge is 0.376 e. The minimum absolute atomic E-state index is 0.0615. The molecule has 24 heavy (non-hydrogen) atoms. The SMILES string of the molecule is O=C(c1ccc[nH]1)N1CC[C@@H](OCC2CC2)[C@H]1Cc1cccnc1. The summed E-state index contributed by atoms with van der Waals surface area (Å²) in [5.41, 5.74) is 1.79. The fourth-order valence-corrected chi connectivity index (χ4v) is 3.44. The predicted molar refractivity (Wildman–Crippen MR) is 90.6 cm³/mol. The van der Waals surface area contributed by atoms with Gasteiger partial charge in [-0.3, -0.25) is 9.78 Å². The van der Waals surface area contributed by atoms with Crippen LogP contribution in [0.15, 0.2) is 42.9 Å². The van der Waals surface area contributed by atoms with Gasteiger partial charge in [-0.1, -0.05) is 6.07 Å². The maximum atomic E-state index is 12.8. The fraction of sp³-hybridized carbons (Fsp3) is 0.474. The lowest BCUT2D eigenvalue weighted by Gasteiger charge is -2.28. The molecule has 3 heterocycles. The van der Waals surface area contributed by atoms with Crippen LogP contribution in [0, 0.1) is 5.92 Å². The summed E-state index contributed by atoms with van der Waals surface area (Å²) in [6.07, 6.45) is 9.83. The lowest BCUT2D eigenvalue weighted by atomic mass is 10.0. The van der Waals surface area contributed by atoms with Gasteiger partial charge in [-0.25, -0.2) is 0 Å². The number of likely N-dealkylation sites (tertiary alicyclic amines) is 1. The number of rotatable bonds is 6. The first-order chi connectivity index (χ1) is 11.8. The molecule has 2 aromatic rings. The Morgan fingerprint density at radius 3 is 2.92 bits per heavy atom. The van der Waals surface area contributed by atoms with Gasteiger partial charge in [-0.05, 0) is 55.4 Å². The van der Waals surface area contributed by atoms with Gasteiger partial charge in [0.2, 0.25) is 0 Å². The molecule has 0 aromatic carbocycles. The zero-order valence-corrected chi connectivity index (χ0v) is 13.7. The van der Waals surface area contributed by atoms with Crippen LogP contribution in [0.2, 0.25) is 0 Å². The summed E-state index contributed by atoms with van der Waals surface area (Å²) in [4.78, 5) is 22.0. The molecular weight excluding hydrogens is 302 g/mol. The number of aromatic nitrogens is 2. The number of pyridine rings is 1. The Hall–Kier alpha value is -2.14. The molecule has 1 aliphatic carbocycles. The third kappa shape index (κ3) is 3.36. The van der Waals surface area contributed by atoms with E-state index in [0.717, 1.165) is 37.5 Å². The van der Waals surface area contributed by atoms with E-state index in [1.165, 1.54) is 12.8 Å². The quantitative estimate of drug-likeness (QED) is 0.888. The summed E-state index contributed by atoms with van der Waals surface area (Å²) < 4.78 is 6.18. The van der Waals surface area contributed by atoms with Gasteiger partial charge in [0.05, 0.1) is 12.1 Å². The molecule has 0 radical (unpaired) electrons. The molecule has 1 saturated heterocycles. The van der Waals surface area contributed by atoms with Crippen molar-refractivity contribution in [2.75, 3.05) is 13.2 Å². The van der Waals surface area contributed by atoms with Crippen LogP contribution >= 0.6 is 0 Å². The van der Waals surface area contributed by atoms with Crippen LogP contribution in [0.25, 0.3) is 0 Å². The van der Waals surface area contributed by atoms with Crippen LogP contribution in [-0.2, 0) is 11.2 Å². The molecule has 1 aliphatic heterocycles. The number of H-pyrrole nitrogens is 1. The van der Waals surface area contributed by atoms with E-state index in [1.807, 2.05) is 29.3 Å². The van der Waals surface area contributed by atoms with E-state index >= 15 is 0 Å². The van der Waals surface area contributed by atoms with Crippen molar-refractivity contribution in [1.29, 1.82) is 0 Å². The third-order valence-electron chi connectivity index (χ3n) is 4.98. The third-order valence-corrected chi connectivity index (χ3v) is 4.98. The van der Waals surface area contributed by atoms with Gasteiger partial charge in [0.25, 0.3) is 5.91 Å². The van der Waals surface area contributed by atoms with E-state index in [0.29, 0.717) is 5.69 Å². The average Bonchev–Trinajstić information content (AvgIpc) is 3.12. The van der Waals surface area contributed by atoms with E-state index in [-0.39, 0.29) is 18.1 Å². The van der Waals surface area contributed by atoms with Crippen molar-refractivity contribution in [2.45, 2.75) is 37.8 Å². The van der Waals surface area contributed by atoms with Gasteiger partial charge < -0.3 is 14.6 Å². The summed E-state index contributed by atoms with van der Waals surface area (Å²) in [6, 6.07) is 7.79. The van der Waals surface area contributed by atoms with Crippen LogP contribution in [-0.4, -0.2) is 46.1 Å². The smallest absolute Gasteiger partial charge is 0.270 e. The van der Waals surface area contributed by atoms with Crippen molar-refractivity contribution in [3.63, 3.8) is 0 Å². The molecular formula is C19H23N3O2. The molecule has 2 aliphatic rings. The van der Waals surface area contributed by atoms with Crippen molar-refractivity contribution in [2.24, 2.45) is 5.92 Å². The van der Waals surface area contributed by atoms with Crippen LogP contribution in [0.5, 0.6) is 0 Å². The highest BCUT2D eigenvalue weighted by molar-refractivity contribution is 5.92. The molecule has 4 rings (SSSR count). The minimum atomic E-state index is 0.0615. The number of amides is 1. The molecule has 126 valence electrons. The molecule has 1 amide bonds. The van der Waals surface area contributed by atoms with Gasteiger partial charge in [-0.15, -0.1) is 0 Å². The first kappa shape index (κ1) is 15.4. The highest BCUT2D eigenvalue weighted by atomic mass is 16.5. The van der Waals surface area contributed by atoms with E-state index in [2.05, 4.69) is 16.0 Å². The van der Waals surface area contributed by atoms with Crippen LogP contribution in [0.1, 0.15) is 35.3 Å². The van der Waals surface area contributed by atoms with Gasteiger partial charge in [0, 0.05) is 31.7 Å². The monoisotopic (exact) mass is 325 g/mol. The van der Waals surface area contributed by atoms with Crippen molar-refractivity contribution < 1.29 is 9.53 Å². The number of nitrogens with one attached hydrogen (secondary N) is 1. The Morgan fingerprint density at radius 1 is 1.29 bits per heavy atom. The predicted octanol–water partition coefficient (Wildman–Crippen LogP) is 2.66. The highest BCUT2D eigenvalue weighted by Gasteiger charge is 2.39. The molecule has 0 spiro atoms. The number of nitrogens with zero attached hydrogens (tertiary/aromatic N) is 2. The lowest BCUT2D eigenvalue weighted by molar-refractivity contribution is 0.0198. The molecule has 2 atom stereocenters. The zero-order chi connectivity index (χ0) is 16.4. The van der Waals surface area contributed by atoms with E-state index < -0.39 is 0 Å². The number of carbonyl (C=O) groups is 1. The molecule has 0 bridgehead atoms. The second-order valence-electron chi connectivity index (χ2n) is 6.82.